The number of hydrogen-bond donors (Lipinski definition) is 1. The molecule has 22 heavy (non-hydrogen) atoms. The number of benzene rings is 1. The molecule has 0 saturated carbocycles. The number of hydrogen-bond acceptors (Lipinski definition) is 5. The molecule has 0 radical (unpaired) electrons. The number of rotatable bonds is 7. The molecule has 7 nitrogen and oxygen atoms in total. The number of halogens is 1. The molecule has 0 fully saturated rings. The fourth-order valence-corrected chi connectivity index (χ4v) is 2.90. The van der Waals surface area contributed by atoms with Crippen molar-refractivity contribution in [2.45, 2.75) is 11.3 Å². The summed E-state index contributed by atoms with van der Waals surface area (Å²) in [6.45, 7) is -0.568. The van der Waals surface area contributed by atoms with Crippen LogP contribution in [0.5, 0.6) is 0 Å². The Morgan fingerprint density at radius 3 is 2.45 bits per heavy atom. The van der Waals surface area contributed by atoms with Gasteiger partial charge in [0.1, 0.15) is 13.1 Å². The Bertz CT molecular complexity index is 706. The van der Waals surface area contributed by atoms with Gasteiger partial charge in [0.2, 0.25) is 15.9 Å². The lowest BCUT2D eigenvalue weighted by molar-refractivity contribution is -0.129. The van der Waals surface area contributed by atoms with Gasteiger partial charge < -0.3 is 4.90 Å². The van der Waals surface area contributed by atoms with Crippen molar-refractivity contribution in [3.8, 4) is 12.1 Å². The van der Waals surface area contributed by atoms with E-state index in [0.29, 0.717) is 0 Å². The van der Waals surface area contributed by atoms with Crippen molar-refractivity contribution in [1.29, 1.82) is 10.5 Å². The van der Waals surface area contributed by atoms with E-state index in [1.54, 1.807) is 18.2 Å². The Hall–Kier alpha value is -2.13. The zero-order valence-electron chi connectivity index (χ0n) is 11.5. The molecule has 116 valence electrons. The van der Waals surface area contributed by atoms with Crippen molar-refractivity contribution in [1.82, 2.24) is 9.62 Å². The van der Waals surface area contributed by atoms with Gasteiger partial charge >= 0.3 is 0 Å². The van der Waals surface area contributed by atoms with E-state index in [2.05, 4.69) is 4.72 Å². The van der Waals surface area contributed by atoms with Crippen LogP contribution in [-0.4, -0.2) is 38.9 Å². The van der Waals surface area contributed by atoms with Crippen molar-refractivity contribution in [2.24, 2.45) is 0 Å². The second-order valence-corrected chi connectivity index (χ2v) is 6.37. The molecule has 1 amide bonds. The third-order valence-corrected chi connectivity index (χ3v) is 4.31. The van der Waals surface area contributed by atoms with Crippen LogP contribution in [0.25, 0.3) is 0 Å². The molecule has 0 unspecified atom stereocenters. The lowest BCUT2D eigenvalue weighted by Gasteiger charge is -2.15. The van der Waals surface area contributed by atoms with E-state index in [9.17, 15) is 13.2 Å². The average molecular weight is 341 g/mol. The Morgan fingerprint density at radius 2 is 1.91 bits per heavy atom. The maximum absolute atomic E-state index is 12.0. The molecule has 0 atom stereocenters. The van der Waals surface area contributed by atoms with E-state index < -0.39 is 15.9 Å². The van der Waals surface area contributed by atoms with E-state index >= 15 is 0 Å². The van der Waals surface area contributed by atoms with Gasteiger partial charge in [0.05, 0.1) is 17.0 Å². The van der Waals surface area contributed by atoms with Gasteiger partial charge in [0.25, 0.3) is 0 Å². The highest BCUT2D eigenvalue weighted by molar-refractivity contribution is 7.89. The molecule has 1 aromatic carbocycles. The molecular formula is C13H13ClN4O3S. The highest BCUT2D eigenvalue weighted by Crippen LogP contribution is 2.15. The summed E-state index contributed by atoms with van der Waals surface area (Å²) in [6.07, 6.45) is -0.150. The molecule has 9 heteroatoms. The van der Waals surface area contributed by atoms with Crippen molar-refractivity contribution in [3.05, 3.63) is 29.3 Å². The second kappa shape index (κ2) is 8.35. The summed E-state index contributed by atoms with van der Waals surface area (Å²) in [4.78, 5) is 12.8. The van der Waals surface area contributed by atoms with E-state index in [4.69, 9.17) is 22.1 Å². The number of nitrogens with one attached hydrogen (secondary N) is 1. The second-order valence-electron chi connectivity index (χ2n) is 4.17. The molecule has 0 bridgehead atoms. The lowest BCUT2D eigenvalue weighted by Crippen LogP contribution is -2.35. The molecule has 0 saturated heterocycles. The van der Waals surface area contributed by atoms with Crippen LogP contribution < -0.4 is 4.72 Å². The molecule has 0 aliphatic rings. The maximum Gasteiger partial charge on any atom is 0.240 e. The van der Waals surface area contributed by atoms with Gasteiger partial charge in [0.15, 0.2) is 0 Å². The Kier molecular flexibility index (Phi) is 6.80. The fraction of sp³-hybridized carbons (Fsp3) is 0.308. The molecule has 0 spiro atoms. The summed E-state index contributed by atoms with van der Waals surface area (Å²) in [6, 6.07) is 9.27. The van der Waals surface area contributed by atoms with Gasteiger partial charge in [-0.25, -0.2) is 13.1 Å². The third kappa shape index (κ3) is 5.34. The molecule has 1 aromatic rings. The van der Waals surface area contributed by atoms with Crippen LogP contribution >= 0.6 is 11.6 Å². The van der Waals surface area contributed by atoms with Crippen molar-refractivity contribution in [2.75, 3.05) is 19.6 Å². The molecule has 1 N–H and O–H groups in total. The van der Waals surface area contributed by atoms with Gasteiger partial charge in [-0.15, -0.1) is 0 Å². The molecule has 0 heterocycles. The predicted molar refractivity (Wildman–Crippen MR) is 79.1 cm³/mol. The maximum atomic E-state index is 12.0. The summed E-state index contributed by atoms with van der Waals surface area (Å²) < 4.78 is 26.2. The van der Waals surface area contributed by atoms with Crippen LogP contribution in [0.4, 0.5) is 0 Å². The Balaban J connectivity index is 2.61. The smallest absolute Gasteiger partial charge is 0.240 e. The van der Waals surface area contributed by atoms with E-state index in [0.717, 1.165) is 4.90 Å². The number of nitrogens with zero attached hydrogens (tertiary/aromatic N) is 3. The van der Waals surface area contributed by atoms with Crippen LogP contribution in [0.2, 0.25) is 5.02 Å². The van der Waals surface area contributed by atoms with E-state index in [-0.39, 0.29) is 36.0 Å². The van der Waals surface area contributed by atoms with E-state index in [1.807, 2.05) is 0 Å². The topological polar surface area (TPSA) is 114 Å². The Labute approximate surface area is 133 Å². The van der Waals surface area contributed by atoms with E-state index in [1.165, 1.54) is 18.2 Å². The van der Waals surface area contributed by atoms with Crippen LogP contribution in [0.1, 0.15) is 6.42 Å². The first-order valence-electron chi connectivity index (χ1n) is 6.17. The predicted octanol–water partition coefficient (Wildman–Crippen LogP) is 0.884. The minimum absolute atomic E-state index is 0.00152. The minimum atomic E-state index is -3.76. The summed E-state index contributed by atoms with van der Waals surface area (Å²) in [5.41, 5.74) is 0. The number of amides is 1. The highest BCUT2D eigenvalue weighted by Gasteiger charge is 2.16. The summed E-state index contributed by atoms with van der Waals surface area (Å²) in [5.74, 6) is -0.475. The average Bonchev–Trinajstić information content (AvgIpc) is 2.46. The molecule has 0 aliphatic heterocycles. The van der Waals surface area contributed by atoms with Crippen molar-refractivity contribution < 1.29 is 13.2 Å². The quantitative estimate of drug-likeness (QED) is 0.740. The molecule has 0 aliphatic carbocycles. The summed E-state index contributed by atoms with van der Waals surface area (Å²) in [7, 11) is -3.76. The number of carbonyl (C=O) groups is 1. The number of nitriles is 2. The summed E-state index contributed by atoms with van der Waals surface area (Å²) >= 11 is 5.73. The first-order chi connectivity index (χ1) is 10.4. The minimum Gasteiger partial charge on any atom is -0.316 e. The molecule has 0 aromatic heterocycles. The normalized spacial score (nSPS) is 10.5. The van der Waals surface area contributed by atoms with Crippen LogP contribution in [0.3, 0.4) is 0 Å². The highest BCUT2D eigenvalue weighted by atomic mass is 35.5. The molecular weight excluding hydrogens is 328 g/mol. The first kappa shape index (κ1) is 17.9. The monoisotopic (exact) mass is 340 g/mol. The number of sulfonamides is 1. The van der Waals surface area contributed by atoms with Gasteiger partial charge in [-0.05, 0) is 18.2 Å². The lowest BCUT2D eigenvalue weighted by atomic mass is 10.3. The molecule has 1 rings (SSSR count). The van der Waals surface area contributed by atoms with Crippen LogP contribution in [0.15, 0.2) is 29.2 Å². The number of carbonyl (C=O) groups excluding carboxylic acids is 1. The zero-order valence-corrected chi connectivity index (χ0v) is 13.1. The zero-order chi connectivity index (χ0) is 16.6. The van der Waals surface area contributed by atoms with Crippen molar-refractivity contribution >= 4 is 27.5 Å². The first-order valence-corrected chi connectivity index (χ1v) is 8.03. The van der Waals surface area contributed by atoms with Gasteiger partial charge in [-0.2, -0.15) is 10.5 Å². The Morgan fingerprint density at radius 1 is 1.27 bits per heavy atom. The van der Waals surface area contributed by atoms with Crippen molar-refractivity contribution in [3.63, 3.8) is 0 Å². The van der Waals surface area contributed by atoms with Gasteiger partial charge in [0, 0.05) is 18.0 Å². The van der Waals surface area contributed by atoms with Crippen LogP contribution in [-0.2, 0) is 14.8 Å². The summed E-state index contributed by atoms with van der Waals surface area (Å²) in [5, 5.41) is 17.4. The largest absolute Gasteiger partial charge is 0.316 e. The van der Waals surface area contributed by atoms with Gasteiger partial charge in [-0.1, -0.05) is 17.7 Å². The fourth-order valence-electron chi connectivity index (χ4n) is 1.57. The van der Waals surface area contributed by atoms with Crippen LogP contribution in [0, 0.1) is 22.7 Å². The SMILES string of the molecule is N#CCN(CC#N)C(=O)CCNS(=O)(=O)c1cccc(Cl)c1. The standard InChI is InChI=1S/C13H13ClN4O3S/c14-11-2-1-3-12(10-11)22(20,21)17-7-4-13(19)18(8-5-15)9-6-16/h1-3,10,17H,4,7-9H2. The third-order valence-electron chi connectivity index (χ3n) is 2.61. The van der Waals surface area contributed by atoms with Gasteiger partial charge in [-0.3, -0.25) is 4.79 Å².